The van der Waals surface area contributed by atoms with Gasteiger partial charge in [0, 0.05) is 18.1 Å². The van der Waals surface area contributed by atoms with Crippen molar-refractivity contribution in [2.45, 2.75) is 32.9 Å². The molecule has 0 bridgehead atoms. The van der Waals surface area contributed by atoms with Gasteiger partial charge in [0.25, 0.3) is 0 Å². The van der Waals surface area contributed by atoms with E-state index in [1.165, 1.54) is 0 Å². The molecule has 0 unspecified atom stereocenters. The Morgan fingerprint density at radius 2 is 1.76 bits per heavy atom. The SMILES string of the molecule is CC(C)c1ncc(C(F)(F)F)cc1F.Cc1ccccn1. The van der Waals surface area contributed by atoms with Crippen LogP contribution < -0.4 is 0 Å². The molecule has 0 fully saturated rings. The van der Waals surface area contributed by atoms with Crippen LogP contribution in [-0.2, 0) is 6.18 Å². The zero-order chi connectivity index (χ0) is 16.0. The number of nitrogens with zero attached hydrogens (tertiary/aromatic N) is 2. The van der Waals surface area contributed by atoms with E-state index in [4.69, 9.17) is 0 Å². The Balaban J connectivity index is 0.000000262. The average molecular weight is 300 g/mol. The predicted octanol–water partition coefficient (Wildman–Crippen LogP) is 4.75. The molecule has 2 aromatic heterocycles. The fourth-order valence-corrected chi connectivity index (χ4v) is 1.48. The van der Waals surface area contributed by atoms with Gasteiger partial charge < -0.3 is 0 Å². The minimum absolute atomic E-state index is 0.0537. The molecule has 2 rings (SSSR count). The van der Waals surface area contributed by atoms with Crippen molar-refractivity contribution >= 4 is 0 Å². The van der Waals surface area contributed by atoms with Gasteiger partial charge in [-0.05, 0) is 31.0 Å². The third-order valence-corrected chi connectivity index (χ3v) is 2.56. The van der Waals surface area contributed by atoms with E-state index in [1.807, 2.05) is 25.1 Å². The minimum Gasteiger partial charge on any atom is -0.262 e. The summed E-state index contributed by atoms with van der Waals surface area (Å²) in [6, 6.07) is 6.33. The monoisotopic (exact) mass is 300 g/mol. The number of hydrogen-bond donors (Lipinski definition) is 0. The lowest BCUT2D eigenvalue weighted by atomic mass is 10.1. The summed E-state index contributed by atoms with van der Waals surface area (Å²) in [4.78, 5) is 7.43. The molecular formula is C15H16F4N2. The van der Waals surface area contributed by atoms with E-state index in [2.05, 4.69) is 9.97 Å². The van der Waals surface area contributed by atoms with Crippen molar-refractivity contribution in [2.75, 3.05) is 0 Å². The minimum atomic E-state index is -4.54. The molecule has 0 N–H and O–H groups in total. The Bertz CT molecular complexity index is 566. The first kappa shape index (κ1) is 17.1. The lowest BCUT2D eigenvalue weighted by molar-refractivity contribution is -0.138. The van der Waals surface area contributed by atoms with Crippen LogP contribution in [-0.4, -0.2) is 9.97 Å². The molecule has 2 aromatic rings. The zero-order valence-corrected chi connectivity index (χ0v) is 11.9. The average Bonchev–Trinajstić information content (AvgIpc) is 2.38. The van der Waals surface area contributed by atoms with Crippen LogP contribution >= 0.6 is 0 Å². The summed E-state index contributed by atoms with van der Waals surface area (Å²) >= 11 is 0. The number of hydrogen-bond acceptors (Lipinski definition) is 2. The topological polar surface area (TPSA) is 25.8 Å². The highest BCUT2D eigenvalue weighted by Crippen LogP contribution is 2.30. The number of pyridine rings is 2. The van der Waals surface area contributed by atoms with E-state index in [9.17, 15) is 17.6 Å². The Morgan fingerprint density at radius 1 is 1.10 bits per heavy atom. The van der Waals surface area contributed by atoms with E-state index >= 15 is 0 Å². The predicted molar refractivity (Wildman–Crippen MR) is 72.3 cm³/mol. The molecule has 114 valence electrons. The summed E-state index contributed by atoms with van der Waals surface area (Å²) < 4.78 is 49.4. The van der Waals surface area contributed by atoms with Crippen molar-refractivity contribution in [3.05, 3.63) is 59.4 Å². The summed E-state index contributed by atoms with van der Waals surface area (Å²) in [6.45, 7) is 5.30. The van der Waals surface area contributed by atoms with Gasteiger partial charge in [0.1, 0.15) is 5.82 Å². The molecule has 0 saturated heterocycles. The smallest absolute Gasteiger partial charge is 0.262 e. The Hall–Kier alpha value is -1.98. The van der Waals surface area contributed by atoms with E-state index in [0.29, 0.717) is 12.3 Å². The van der Waals surface area contributed by atoms with Crippen LogP contribution in [0.5, 0.6) is 0 Å². The van der Waals surface area contributed by atoms with Gasteiger partial charge in [0.05, 0.1) is 11.3 Å². The number of aryl methyl sites for hydroxylation is 1. The van der Waals surface area contributed by atoms with Gasteiger partial charge in [0.15, 0.2) is 0 Å². The third-order valence-electron chi connectivity index (χ3n) is 2.56. The molecule has 0 atom stereocenters. The quantitative estimate of drug-likeness (QED) is 0.710. The van der Waals surface area contributed by atoms with Crippen LogP contribution in [0, 0.1) is 12.7 Å². The molecule has 0 aliphatic rings. The molecule has 2 heterocycles. The van der Waals surface area contributed by atoms with Gasteiger partial charge in [-0.15, -0.1) is 0 Å². The second kappa shape index (κ2) is 7.15. The molecular weight excluding hydrogens is 284 g/mol. The molecule has 0 saturated carbocycles. The van der Waals surface area contributed by atoms with E-state index < -0.39 is 17.6 Å². The van der Waals surface area contributed by atoms with Gasteiger partial charge in [-0.25, -0.2) is 4.39 Å². The maximum Gasteiger partial charge on any atom is 0.417 e. The highest BCUT2D eigenvalue weighted by Gasteiger charge is 2.32. The van der Waals surface area contributed by atoms with E-state index in [1.54, 1.807) is 20.0 Å². The maximum absolute atomic E-state index is 13.1. The summed E-state index contributed by atoms with van der Waals surface area (Å²) in [5, 5.41) is 0. The molecule has 0 amide bonds. The normalized spacial score (nSPS) is 11.0. The molecule has 0 radical (unpaired) electrons. The van der Waals surface area contributed by atoms with Gasteiger partial charge in [-0.3, -0.25) is 9.97 Å². The van der Waals surface area contributed by atoms with E-state index in [-0.39, 0.29) is 11.6 Å². The molecule has 0 aliphatic heterocycles. The summed E-state index contributed by atoms with van der Waals surface area (Å²) in [5.74, 6) is -1.13. The fraction of sp³-hybridized carbons (Fsp3) is 0.333. The second-order valence-electron chi connectivity index (χ2n) is 4.71. The number of alkyl halides is 3. The molecule has 0 aromatic carbocycles. The first-order valence-electron chi connectivity index (χ1n) is 6.32. The van der Waals surface area contributed by atoms with Crippen molar-refractivity contribution in [3.8, 4) is 0 Å². The van der Waals surface area contributed by atoms with Crippen LogP contribution in [0.15, 0.2) is 36.7 Å². The number of halogens is 4. The van der Waals surface area contributed by atoms with Crippen molar-refractivity contribution in [1.29, 1.82) is 0 Å². The molecule has 0 aliphatic carbocycles. The standard InChI is InChI=1S/C9H9F4N.C6H7N/c1-5(2)8-7(10)3-6(4-14-8)9(11,12)13;1-6-4-2-3-5-7-6/h3-5H,1-2H3;2-5H,1H3. The molecule has 6 heteroatoms. The molecule has 0 spiro atoms. The highest BCUT2D eigenvalue weighted by molar-refractivity contribution is 5.20. The van der Waals surface area contributed by atoms with Gasteiger partial charge >= 0.3 is 6.18 Å². The van der Waals surface area contributed by atoms with Crippen LogP contribution in [0.2, 0.25) is 0 Å². The van der Waals surface area contributed by atoms with Crippen LogP contribution in [0.4, 0.5) is 17.6 Å². The third kappa shape index (κ3) is 5.49. The lowest BCUT2D eigenvalue weighted by Crippen LogP contribution is -2.08. The molecule has 21 heavy (non-hydrogen) atoms. The van der Waals surface area contributed by atoms with Gasteiger partial charge in [-0.1, -0.05) is 19.9 Å². The summed E-state index contributed by atoms with van der Waals surface area (Å²) in [5.41, 5.74) is 0.0694. The van der Waals surface area contributed by atoms with Crippen molar-refractivity contribution in [1.82, 2.24) is 9.97 Å². The van der Waals surface area contributed by atoms with Crippen LogP contribution in [0.1, 0.15) is 36.7 Å². The Kier molecular flexibility index (Phi) is 5.81. The largest absolute Gasteiger partial charge is 0.417 e. The first-order chi connectivity index (χ1) is 9.71. The van der Waals surface area contributed by atoms with Crippen molar-refractivity contribution in [2.24, 2.45) is 0 Å². The second-order valence-corrected chi connectivity index (χ2v) is 4.71. The lowest BCUT2D eigenvalue weighted by Gasteiger charge is -2.09. The van der Waals surface area contributed by atoms with E-state index in [0.717, 1.165) is 5.69 Å². The van der Waals surface area contributed by atoms with Crippen molar-refractivity contribution in [3.63, 3.8) is 0 Å². The van der Waals surface area contributed by atoms with Crippen molar-refractivity contribution < 1.29 is 17.6 Å². The Morgan fingerprint density at radius 3 is 2.10 bits per heavy atom. The van der Waals surface area contributed by atoms with Gasteiger partial charge in [-0.2, -0.15) is 13.2 Å². The van der Waals surface area contributed by atoms with Gasteiger partial charge in [0.2, 0.25) is 0 Å². The summed E-state index contributed by atoms with van der Waals surface area (Å²) in [7, 11) is 0. The van der Waals surface area contributed by atoms with Crippen LogP contribution in [0.3, 0.4) is 0 Å². The van der Waals surface area contributed by atoms with Crippen LogP contribution in [0.25, 0.3) is 0 Å². The Labute approximate surface area is 120 Å². The number of aromatic nitrogens is 2. The maximum atomic E-state index is 13.1. The first-order valence-corrected chi connectivity index (χ1v) is 6.32. The number of rotatable bonds is 1. The fourth-order valence-electron chi connectivity index (χ4n) is 1.48. The summed E-state index contributed by atoms with van der Waals surface area (Å²) in [6.07, 6.45) is -2.10. The zero-order valence-electron chi connectivity index (χ0n) is 11.9. The molecule has 2 nitrogen and oxygen atoms in total. The highest BCUT2D eigenvalue weighted by atomic mass is 19.4.